The minimum Gasteiger partial charge on any atom is -0.383 e. The molecule has 1 aromatic heterocycles. The van der Waals surface area contributed by atoms with Gasteiger partial charge in [-0.2, -0.15) is 0 Å². The number of benzene rings is 1. The molecule has 0 amide bonds. The van der Waals surface area contributed by atoms with Crippen molar-refractivity contribution >= 4 is 16.7 Å². The molecule has 0 saturated heterocycles. The standard InChI is InChI=1S/C11H13FN4/c1-6(14-2)11-15-9-4-3-7(12)5-8(9)10(13)16-11/h3-6,14H,1-2H3,(H2,13,15,16). The van der Waals surface area contributed by atoms with E-state index in [1.807, 2.05) is 14.0 Å². The number of fused-ring (bicyclic) bond motifs is 1. The van der Waals surface area contributed by atoms with Crippen LogP contribution < -0.4 is 11.1 Å². The Kier molecular flexibility index (Phi) is 2.70. The first-order valence-electron chi connectivity index (χ1n) is 5.01. The number of anilines is 1. The molecule has 1 unspecified atom stereocenters. The SMILES string of the molecule is CNC(C)c1nc(N)c2cc(F)ccc2n1. The van der Waals surface area contributed by atoms with Gasteiger partial charge in [0.2, 0.25) is 0 Å². The molecule has 4 nitrogen and oxygen atoms in total. The second-order valence-corrected chi connectivity index (χ2v) is 3.64. The molecule has 0 aliphatic rings. The third-order valence-electron chi connectivity index (χ3n) is 2.52. The molecule has 2 aromatic rings. The highest BCUT2D eigenvalue weighted by atomic mass is 19.1. The summed E-state index contributed by atoms with van der Waals surface area (Å²) in [6, 6.07) is 4.33. The summed E-state index contributed by atoms with van der Waals surface area (Å²) in [6.45, 7) is 1.93. The van der Waals surface area contributed by atoms with E-state index < -0.39 is 0 Å². The molecule has 0 saturated carbocycles. The average molecular weight is 220 g/mol. The lowest BCUT2D eigenvalue weighted by Crippen LogP contribution is -2.16. The Morgan fingerprint density at radius 2 is 2.12 bits per heavy atom. The van der Waals surface area contributed by atoms with Gasteiger partial charge in [-0.05, 0) is 32.2 Å². The van der Waals surface area contributed by atoms with Crippen LogP contribution in [0, 0.1) is 5.82 Å². The second-order valence-electron chi connectivity index (χ2n) is 3.64. The van der Waals surface area contributed by atoms with E-state index in [9.17, 15) is 4.39 Å². The van der Waals surface area contributed by atoms with Crippen molar-refractivity contribution in [2.75, 3.05) is 12.8 Å². The molecule has 2 rings (SSSR count). The summed E-state index contributed by atoms with van der Waals surface area (Å²) in [5.41, 5.74) is 6.43. The summed E-state index contributed by atoms with van der Waals surface area (Å²) in [5.74, 6) is 0.581. The van der Waals surface area contributed by atoms with Crippen LogP contribution in [0.15, 0.2) is 18.2 Å². The Morgan fingerprint density at radius 1 is 1.38 bits per heavy atom. The predicted octanol–water partition coefficient (Wildman–Crippen LogP) is 1.63. The molecule has 1 heterocycles. The molecule has 1 aromatic carbocycles. The molecular weight excluding hydrogens is 207 g/mol. The fourth-order valence-corrected chi connectivity index (χ4v) is 1.47. The number of hydrogen-bond donors (Lipinski definition) is 2. The van der Waals surface area contributed by atoms with Crippen molar-refractivity contribution in [2.24, 2.45) is 0 Å². The summed E-state index contributed by atoms with van der Waals surface area (Å²) >= 11 is 0. The lowest BCUT2D eigenvalue weighted by atomic mass is 10.2. The molecule has 84 valence electrons. The zero-order valence-electron chi connectivity index (χ0n) is 9.16. The van der Waals surface area contributed by atoms with Crippen LogP contribution in [-0.4, -0.2) is 17.0 Å². The van der Waals surface area contributed by atoms with Gasteiger partial charge in [-0.15, -0.1) is 0 Å². The number of nitrogen functional groups attached to an aromatic ring is 1. The molecular formula is C11H13FN4. The first-order chi connectivity index (χ1) is 7.61. The summed E-state index contributed by atoms with van der Waals surface area (Å²) in [6.07, 6.45) is 0. The summed E-state index contributed by atoms with van der Waals surface area (Å²) in [4.78, 5) is 8.48. The third kappa shape index (κ3) is 1.81. The molecule has 16 heavy (non-hydrogen) atoms. The van der Waals surface area contributed by atoms with Gasteiger partial charge in [0.25, 0.3) is 0 Å². The van der Waals surface area contributed by atoms with Crippen molar-refractivity contribution in [1.82, 2.24) is 15.3 Å². The molecule has 0 aliphatic heterocycles. The smallest absolute Gasteiger partial charge is 0.148 e. The van der Waals surface area contributed by atoms with E-state index in [0.29, 0.717) is 22.5 Å². The first-order valence-corrected chi connectivity index (χ1v) is 5.01. The predicted molar refractivity (Wildman–Crippen MR) is 61.4 cm³/mol. The van der Waals surface area contributed by atoms with Crippen LogP contribution in [0.1, 0.15) is 18.8 Å². The molecule has 0 fully saturated rings. The third-order valence-corrected chi connectivity index (χ3v) is 2.52. The van der Waals surface area contributed by atoms with Crippen molar-refractivity contribution in [3.8, 4) is 0 Å². The molecule has 1 atom stereocenters. The van der Waals surface area contributed by atoms with E-state index in [-0.39, 0.29) is 11.9 Å². The van der Waals surface area contributed by atoms with Crippen LogP contribution in [0.3, 0.4) is 0 Å². The van der Waals surface area contributed by atoms with E-state index >= 15 is 0 Å². The van der Waals surface area contributed by atoms with E-state index in [1.165, 1.54) is 12.1 Å². The monoisotopic (exact) mass is 220 g/mol. The zero-order chi connectivity index (χ0) is 11.7. The molecule has 5 heteroatoms. The Bertz CT molecular complexity index is 527. The van der Waals surface area contributed by atoms with Crippen molar-refractivity contribution in [1.29, 1.82) is 0 Å². The largest absolute Gasteiger partial charge is 0.383 e. The van der Waals surface area contributed by atoms with E-state index in [0.717, 1.165) is 0 Å². The van der Waals surface area contributed by atoms with Gasteiger partial charge >= 0.3 is 0 Å². The highest BCUT2D eigenvalue weighted by molar-refractivity contribution is 5.87. The van der Waals surface area contributed by atoms with Gasteiger partial charge in [0.1, 0.15) is 17.5 Å². The van der Waals surface area contributed by atoms with Gasteiger partial charge < -0.3 is 11.1 Å². The molecule has 0 radical (unpaired) electrons. The molecule has 0 spiro atoms. The lowest BCUT2D eigenvalue weighted by Gasteiger charge is -2.10. The molecule has 3 N–H and O–H groups in total. The number of rotatable bonds is 2. The van der Waals surface area contributed by atoms with Crippen molar-refractivity contribution in [3.05, 3.63) is 29.8 Å². The van der Waals surface area contributed by atoms with Crippen LogP contribution in [0.5, 0.6) is 0 Å². The number of nitrogens with one attached hydrogen (secondary N) is 1. The highest BCUT2D eigenvalue weighted by Gasteiger charge is 2.10. The zero-order valence-corrected chi connectivity index (χ0v) is 9.16. The minimum absolute atomic E-state index is 0.0109. The number of halogens is 1. The van der Waals surface area contributed by atoms with Crippen molar-refractivity contribution in [2.45, 2.75) is 13.0 Å². The highest BCUT2D eigenvalue weighted by Crippen LogP contribution is 2.20. The summed E-state index contributed by atoms with van der Waals surface area (Å²) < 4.78 is 13.0. The topological polar surface area (TPSA) is 63.8 Å². The van der Waals surface area contributed by atoms with Crippen molar-refractivity contribution < 1.29 is 4.39 Å². The van der Waals surface area contributed by atoms with E-state index in [4.69, 9.17) is 5.73 Å². The summed E-state index contributed by atoms with van der Waals surface area (Å²) in [5, 5.41) is 3.58. The molecule has 0 bridgehead atoms. The van der Waals surface area contributed by atoms with Crippen molar-refractivity contribution in [3.63, 3.8) is 0 Å². The maximum atomic E-state index is 13.0. The number of nitrogens with zero attached hydrogens (tertiary/aromatic N) is 2. The van der Waals surface area contributed by atoms with Crippen LogP contribution in [0.2, 0.25) is 0 Å². The van der Waals surface area contributed by atoms with Crippen LogP contribution >= 0.6 is 0 Å². The fourth-order valence-electron chi connectivity index (χ4n) is 1.47. The second kappa shape index (κ2) is 4.02. The molecule has 0 aliphatic carbocycles. The van der Waals surface area contributed by atoms with Gasteiger partial charge in [0.15, 0.2) is 0 Å². The van der Waals surface area contributed by atoms with Gasteiger partial charge in [-0.25, -0.2) is 14.4 Å². The Labute approximate surface area is 92.7 Å². The van der Waals surface area contributed by atoms with E-state index in [2.05, 4.69) is 15.3 Å². The Balaban J connectivity index is 2.63. The van der Waals surface area contributed by atoms with E-state index in [1.54, 1.807) is 6.07 Å². The number of aromatic nitrogens is 2. The fraction of sp³-hybridized carbons (Fsp3) is 0.273. The van der Waals surface area contributed by atoms with Gasteiger partial charge in [-0.1, -0.05) is 0 Å². The summed E-state index contributed by atoms with van der Waals surface area (Å²) in [7, 11) is 1.82. The van der Waals surface area contributed by atoms with Gasteiger partial charge in [0.05, 0.1) is 11.6 Å². The quantitative estimate of drug-likeness (QED) is 0.807. The Morgan fingerprint density at radius 3 is 2.81 bits per heavy atom. The first kappa shape index (κ1) is 10.8. The maximum absolute atomic E-state index is 13.0. The normalized spacial score (nSPS) is 12.9. The van der Waals surface area contributed by atoms with Crippen LogP contribution in [-0.2, 0) is 0 Å². The lowest BCUT2D eigenvalue weighted by molar-refractivity contribution is 0.613. The Hall–Kier alpha value is -1.75. The van der Waals surface area contributed by atoms with Crippen LogP contribution in [0.4, 0.5) is 10.2 Å². The number of nitrogens with two attached hydrogens (primary N) is 1. The average Bonchev–Trinajstić information content (AvgIpc) is 2.28. The van der Waals surface area contributed by atoms with Gasteiger partial charge in [0, 0.05) is 5.39 Å². The van der Waals surface area contributed by atoms with Gasteiger partial charge in [-0.3, -0.25) is 0 Å². The maximum Gasteiger partial charge on any atom is 0.148 e. The number of hydrogen-bond acceptors (Lipinski definition) is 4. The van der Waals surface area contributed by atoms with Crippen LogP contribution in [0.25, 0.3) is 10.9 Å². The minimum atomic E-state index is -0.336.